The van der Waals surface area contributed by atoms with Gasteiger partial charge in [-0.15, -0.1) is 0 Å². The minimum Gasteiger partial charge on any atom is -0.481 e. The number of rotatable bonds is 10. The molecule has 1 heterocycles. The van der Waals surface area contributed by atoms with Gasteiger partial charge in [0.2, 0.25) is 10.0 Å². The Morgan fingerprint density at radius 3 is 2.28 bits per heavy atom. The molecule has 2 saturated carbocycles. The minimum atomic E-state index is -4.60. The highest BCUT2D eigenvalue weighted by molar-refractivity contribution is 7.89. The molecule has 4 rings (SSSR count). The van der Waals surface area contributed by atoms with Gasteiger partial charge >= 0.3 is 12.1 Å². The number of sulfonamides is 1. The first-order valence-electron chi connectivity index (χ1n) is 14.2. The maximum Gasteiger partial charge on any atom is 0.390 e. The van der Waals surface area contributed by atoms with Gasteiger partial charge in [-0.2, -0.15) is 13.2 Å². The van der Waals surface area contributed by atoms with Crippen LogP contribution in [0.3, 0.4) is 0 Å². The molecule has 43 heavy (non-hydrogen) atoms. The topological polar surface area (TPSA) is 118 Å². The summed E-state index contributed by atoms with van der Waals surface area (Å²) in [4.78, 5) is 24.0. The van der Waals surface area contributed by atoms with Crippen molar-refractivity contribution in [3.8, 4) is 11.3 Å². The fraction of sp³-hybridized carbons (Fsp3) is 0.586. The summed E-state index contributed by atoms with van der Waals surface area (Å²) >= 11 is 13.1. The second-order valence-corrected chi connectivity index (χ2v) is 14.7. The third kappa shape index (κ3) is 7.87. The summed E-state index contributed by atoms with van der Waals surface area (Å²) in [6, 6.07) is 4.05. The van der Waals surface area contributed by atoms with Gasteiger partial charge in [0.05, 0.1) is 33.6 Å². The van der Waals surface area contributed by atoms with Crippen LogP contribution in [0.2, 0.25) is 10.0 Å². The van der Waals surface area contributed by atoms with Crippen molar-refractivity contribution in [2.45, 2.75) is 101 Å². The molecular formula is C29H36Cl2F3N3O5S. The number of aliphatic carboxylic acids is 1. The second-order valence-electron chi connectivity index (χ2n) is 12.3. The zero-order valence-electron chi connectivity index (χ0n) is 24.2. The molecule has 1 amide bonds. The Morgan fingerprint density at radius 1 is 1.07 bits per heavy atom. The van der Waals surface area contributed by atoms with E-state index in [1.54, 1.807) is 6.07 Å². The van der Waals surface area contributed by atoms with Crippen molar-refractivity contribution >= 4 is 45.1 Å². The highest BCUT2D eigenvalue weighted by atomic mass is 35.5. The summed E-state index contributed by atoms with van der Waals surface area (Å²) in [5.41, 5.74) is 0.125. The largest absolute Gasteiger partial charge is 0.481 e. The molecule has 1 aromatic heterocycles. The molecule has 0 bridgehead atoms. The van der Waals surface area contributed by atoms with Crippen LogP contribution in [0.5, 0.6) is 0 Å². The lowest BCUT2D eigenvalue weighted by Gasteiger charge is -2.32. The number of amides is 1. The van der Waals surface area contributed by atoms with Gasteiger partial charge in [-0.1, -0.05) is 42.5 Å². The standard InChI is InChI=1S/C29H36Cl2F3N3O5S/c1-16-21(26(38)35-19-11-18(12-19)27(39)40)13-22(37(16)14-17-7-5-4-6-8-17)20-9-10-23(25(31)24(20)30)43(41,42)36-28(2,3)15-29(32,33)34/h9-10,13,17-19,36H,4-8,11-12,14-15H2,1-3H3,(H,35,38)(H,39,40). The van der Waals surface area contributed by atoms with E-state index in [0.717, 1.165) is 46.0 Å². The molecule has 2 aliphatic rings. The number of hydrogen-bond acceptors (Lipinski definition) is 4. The van der Waals surface area contributed by atoms with Gasteiger partial charge in [0.1, 0.15) is 4.90 Å². The van der Waals surface area contributed by atoms with Gasteiger partial charge in [0, 0.05) is 29.4 Å². The molecule has 1 aromatic carbocycles. The quantitative estimate of drug-likeness (QED) is 0.254. The summed E-state index contributed by atoms with van der Waals surface area (Å²) in [6.45, 7) is 4.66. The number of alkyl halides is 3. The Bertz CT molecular complexity index is 1500. The molecule has 0 aliphatic heterocycles. The van der Waals surface area contributed by atoms with Gasteiger partial charge in [-0.05, 0) is 70.6 Å². The van der Waals surface area contributed by atoms with Crippen molar-refractivity contribution in [1.29, 1.82) is 0 Å². The number of carboxylic acids is 1. The summed E-state index contributed by atoms with van der Waals surface area (Å²) in [7, 11) is -4.49. The van der Waals surface area contributed by atoms with Crippen molar-refractivity contribution in [1.82, 2.24) is 14.6 Å². The first-order valence-corrected chi connectivity index (χ1v) is 16.5. The Hall–Kier alpha value is -2.28. The molecule has 3 N–H and O–H groups in total. The molecule has 0 saturated heterocycles. The Kier molecular flexibility index (Phi) is 9.86. The molecule has 0 atom stereocenters. The Balaban J connectivity index is 1.69. The van der Waals surface area contributed by atoms with E-state index < -0.39 is 44.9 Å². The average Bonchev–Trinajstić information content (AvgIpc) is 3.16. The van der Waals surface area contributed by atoms with Crippen LogP contribution in [0.15, 0.2) is 23.1 Å². The second kappa shape index (κ2) is 12.6. The molecule has 2 fully saturated rings. The van der Waals surface area contributed by atoms with Crippen LogP contribution in [0.25, 0.3) is 11.3 Å². The summed E-state index contributed by atoms with van der Waals surface area (Å²) < 4.78 is 69.3. The predicted octanol–water partition coefficient (Wildman–Crippen LogP) is 6.95. The van der Waals surface area contributed by atoms with Gasteiger partial charge in [-0.25, -0.2) is 13.1 Å². The lowest BCUT2D eigenvalue weighted by Crippen LogP contribution is -2.46. The minimum absolute atomic E-state index is 0.115. The zero-order chi connectivity index (χ0) is 31.9. The van der Waals surface area contributed by atoms with Crippen molar-refractivity contribution < 1.29 is 36.3 Å². The van der Waals surface area contributed by atoms with E-state index in [4.69, 9.17) is 28.3 Å². The van der Waals surface area contributed by atoms with Crippen molar-refractivity contribution in [2.24, 2.45) is 11.8 Å². The van der Waals surface area contributed by atoms with E-state index in [2.05, 4.69) is 10.0 Å². The monoisotopic (exact) mass is 665 g/mol. The highest BCUT2D eigenvalue weighted by Crippen LogP contribution is 2.41. The number of halogens is 5. The number of carbonyl (C=O) groups excluding carboxylic acids is 1. The maximum absolute atomic E-state index is 13.3. The van der Waals surface area contributed by atoms with Crippen LogP contribution < -0.4 is 10.0 Å². The molecule has 0 spiro atoms. The first kappa shape index (κ1) is 33.6. The van der Waals surface area contributed by atoms with Crippen LogP contribution >= 0.6 is 23.2 Å². The first-order chi connectivity index (χ1) is 19.9. The smallest absolute Gasteiger partial charge is 0.390 e. The number of benzene rings is 1. The van der Waals surface area contributed by atoms with Crippen LogP contribution in [0.1, 0.15) is 81.3 Å². The van der Waals surface area contributed by atoms with E-state index in [1.165, 1.54) is 12.1 Å². The third-order valence-electron chi connectivity index (χ3n) is 8.26. The van der Waals surface area contributed by atoms with Crippen molar-refractivity contribution in [2.75, 3.05) is 0 Å². The van der Waals surface area contributed by atoms with E-state index in [9.17, 15) is 31.2 Å². The van der Waals surface area contributed by atoms with Gasteiger partial charge in [0.15, 0.2) is 0 Å². The summed E-state index contributed by atoms with van der Waals surface area (Å²) in [6.07, 6.45) is 0.0880. The lowest BCUT2D eigenvalue weighted by atomic mass is 9.80. The average molecular weight is 667 g/mol. The van der Waals surface area contributed by atoms with Crippen molar-refractivity contribution in [3.05, 3.63) is 39.5 Å². The Morgan fingerprint density at radius 2 is 1.70 bits per heavy atom. The van der Waals surface area contributed by atoms with Crippen LogP contribution in [-0.4, -0.2) is 47.7 Å². The number of nitrogens with zero attached hydrogens (tertiary/aromatic N) is 1. The number of hydrogen-bond donors (Lipinski definition) is 3. The lowest BCUT2D eigenvalue weighted by molar-refractivity contribution is -0.146. The van der Waals surface area contributed by atoms with Crippen LogP contribution in [-0.2, 0) is 21.4 Å². The van der Waals surface area contributed by atoms with Gasteiger partial charge in [-0.3, -0.25) is 9.59 Å². The van der Waals surface area contributed by atoms with E-state index in [0.29, 0.717) is 47.8 Å². The molecule has 2 aliphatic carbocycles. The summed E-state index contributed by atoms with van der Waals surface area (Å²) in [5, 5.41) is 11.6. The molecule has 238 valence electrons. The fourth-order valence-corrected chi connectivity index (χ4v) is 8.34. The van der Waals surface area contributed by atoms with Gasteiger partial charge in [0.25, 0.3) is 5.91 Å². The normalized spacial score (nSPS) is 20.1. The third-order valence-corrected chi connectivity index (χ3v) is 11.0. The molecule has 0 unspecified atom stereocenters. The Labute approximate surface area is 259 Å². The highest BCUT2D eigenvalue weighted by Gasteiger charge is 2.40. The number of carbonyl (C=O) groups is 2. The van der Waals surface area contributed by atoms with E-state index >= 15 is 0 Å². The SMILES string of the molecule is Cc1c(C(=O)NC2CC(C(=O)O)C2)cc(-c2ccc(S(=O)(=O)NC(C)(C)CC(F)(F)F)c(Cl)c2Cl)n1CC1CCCCC1. The number of nitrogens with one attached hydrogen (secondary N) is 2. The maximum atomic E-state index is 13.3. The van der Waals surface area contributed by atoms with Crippen molar-refractivity contribution in [3.63, 3.8) is 0 Å². The zero-order valence-corrected chi connectivity index (χ0v) is 26.5. The molecule has 8 nitrogen and oxygen atoms in total. The molecule has 2 aromatic rings. The predicted molar refractivity (Wildman–Crippen MR) is 158 cm³/mol. The fourth-order valence-electron chi connectivity index (χ4n) is 6.05. The van der Waals surface area contributed by atoms with Gasteiger partial charge < -0.3 is 15.0 Å². The molecular weight excluding hydrogens is 630 g/mol. The van der Waals surface area contributed by atoms with E-state index in [1.807, 2.05) is 11.5 Å². The van der Waals surface area contributed by atoms with Crippen LogP contribution in [0.4, 0.5) is 13.2 Å². The number of aromatic nitrogens is 1. The number of carboxylic acid groups (broad SMARTS) is 1. The van der Waals surface area contributed by atoms with Crippen LogP contribution in [0, 0.1) is 18.8 Å². The van der Waals surface area contributed by atoms with E-state index in [-0.39, 0.29) is 22.0 Å². The summed E-state index contributed by atoms with van der Waals surface area (Å²) in [5.74, 6) is -1.38. The molecule has 0 radical (unpaired) electrons. The molecule has 14 heteroatoms.